The quantitative estimate of drug-likeness (QED) is 0.472. The number of nitrogens with zero attached hydrogens (tertiary/aromatic N) is 4. The molecule has 0 radical (unpaired) electrons. The van der Waals surface area contributed by atoms with Crippen LogP contribution in [-0.4, -0.2) is 118 Å². The fourth-order valence-corrected chi connectivity index (χ4v) is 7.66. The summed E-state index contributed by atoms with van der Waals surface area (Å²) in [5.41, 5.74) is 1.66. The standard InChI is InChI=1S/C40H54N6O6/c1-6-26(2)34-40(52)46-22-14-13-20-32(46)38(50)43(4)27(3)37(49)44(5)33(25-29-18-11-8-12-19-29)39(51)45-23-15-21-31(45)36(48)41-30(35(47)42-34)24-28-16-9-7-10-17-28/h7-12,16-19,26-27,30-34H,6,13-15,20-25H2,1-5H3,(H,41,48)(H,42,47)/t26?,27-,30+,31-,32+,33+,34-/m0/s1. The molecule has 2 aromatic rings. The zero-order chi connectivity index (χ0) is 37.5. The largest absolute Gasteiger partial charge is 0.342 e. The van der Waals surface area contributed by atoms with Gasteiger partial charge in [0.1, 0.15) is 36.3 Å². The van der Waals surface area contributed by atoms with E-state index in [1.807, 2.05) is 74.5 Å². The van der Waals surface area contributed by atoms with E-state index >= 15 is 0 Å². The normalized spacial score (nSPS) is 27.7. The number of rotatable bonds is 6. The molecular weight excluding hydrogens is 660 g/mol. The molecule has 52 heavy (non-hydrogen) atoms. The van der Waals surface area contributed by atoms with E-state index < -0.39 is 54.0 Å². The Morgan fingerprint density at radius 2 is 1.23 bits per heavy atom. The highest BCUT2D eigenvalue weighted by Gasteiger charge is 2.44. The second-order valence-electron chi connectivity index (χ2n) is 14.6. The zero-order valence-electron chi connectivity index (χ0n) is 31.1. The molecular formula is C40H54N6O6. The summed E-state index contributed by atoms with van der Waals surface area (Å²) < 4.78 is 0. The van der Waals surface area contributed by atoms with Gasteiger partial charge in [-0.15, -0.1) is 0 Å². The highest BCUT2D eigenvalue weighted by atomic mass is 16.2. The van der Waals surface area contributed by atoms with Gasteiger partial charge in [0, 0.05) is 40.0 Å². The minimum Gasteiger partial charge on any atom is -0.342 e. The summed E-state index contributed by atoms with van der Waals surface area (Å²) in [5, 5.41) is 5.94. The van der Waals surface area contributed by atoms with Crippen molar-refractivity contribution in [1.29, 1.82) is 0 Å². The monoisotopic (exact) mass is 714 g/mol. The number of hydrogen-bond acceptors (Lipinski definition) is 6. The molecule has 7 atom stereocenters. The molecule has 3 aliphatic heterocycles. The van der Waals surface area contributed by atoms with Crippen LogP contribution in [0.4, 0.5) is 0 Å². The molecule has 2 aromatic carbocycles. The maximum Gasteiger partial charge on any atom is 0.246 e. The van der Waals surface area contributed by atoms with Gasteiger partial charge in [-0.05, 0) is 56.1 Å². The summed E-state index contributed by atoms with van der Waals surface area (Å²) in [6.45, 7) is 6.11. The van der Waals surface area contributed by atoms with E-state index in [0.29, 0.717) is 45.2 Å². The summed E-state index contributed by atoms with van der Waals surface area (Å²) in [5.74, 6) is -2.76. The van der Waals surface area contributed by atoms with Gasteiger partial charge in [0.05, 0.1) is 0 Å². The van der Waals surface area contributed by atoms with Crippen LogP contribution < -0.4 is 10.6 Å². The highest BCUT2D eigenvalue weighted by Crippen LogP contribution is 2.26. The van der Waals surface area contributed by atoms with Crippen molar-refractivity contribution in [1.82, 2.24) is 30.2 Å². The molecule has 1 unspecified atom stereocenters. The maximum absolute atomic E-state index is 14.5. The molecule has 0 aliphatic carbocycles. The third kappa shape index (κ3) is 8.48. The number of hydrogen-bond donors (Lipinski definition) is 2. The van der Waals surface area contributed by atoms with Crippen LogP contribution in [0.3, 0.4) is 0 Å². The van der Waals surface area contributed by atoms with Crippen molar-refractivity contribution in [3.05, 3.63) is 71.8 Å². The van der Waals surface area contributed by atoms with Crippen molar-refractivity contribution in [2.75, 3.05) is 27.2 Å². The van der Waals surface area contributed by atoms with Crippen LogP contribution in [0.1, 0.15) is 70.4 Å². The first-order chi connectivity index (χ1) is 24.9. The summed E-state index contributed by atoms with van der Waals surface area (Å²) >= 11 is 0. The minimum atomic E-state index is -1.04. The molecule has 0 bridgehead atoms. The Balaban J connectivity index is 1.58. The molecule has 3 aliphatic rings. The van der Waals surface area contributed by atoms with Gasteiger partial charge in [0.15, 0.2) is 0 Å². The van der Waals surface area contributed by atoms with Gasteiger partial charge in [0.2, 0.25) is 35.4 Å². The fraction of sp³-hybridized carbons (Fsp3) is 0.550. The SMILES string of the molecule is CCC(C)[C@@H]1NC(=O)[C@@H](Cc2ccccc2)NC(=O)[C@@H]2CCCN2C(=O)[C@@H](Cc2ccccc2)N(C)C(=O)[C@H](C)N(C)C(=O)[C@H]2CCCCN2C1=O. The molecule has 2 N–H and O–H groups in total. The summed E-state index contributed by atoms with van der Waals surface area (Å²) in [6, 6.07) is 13.1. The van der Waals surface area contributed by atoms with E-state index in [2.05, 4.69) is 10.6 Å². The molecule has 0 spiro atoms. The van der Waals surface area contributed by atoms with Crippen molar-refractivity contribution in [3.8, 4) is 0 Å². The van der Waals surface area contributed by atoms with Crippen LogP contribution in [0.15, 0.2) is 60.7 Å². The molecule has 3 heterocycles. The smallest absolute Gasteiger partial charge is 0.246 e. The number of nitrogens with one attached hydrogen (secondary N) is 2. The molecule has 3 saturated heterocycles. The summed E-state index contributed by atoms with van der Waals surface area (Å²) in [7, 11) is 3.13. The molecule has 280 valence electrons. The van der Waals surface area contributed by atoms with Crippen molar-refractivity contribution >= 4 is 35.4 Å². The van der Waals surface area contributed by atoms with Gasteiger partial charge >= 0.3 is 0 Å². The topological polar surface area (TPSA) is 139 Å². The molecule has 0 aromatic heterocycles. The molecule has 5 rings (SSSR count). The van der Waals surface area contributed by atoms with E-state index in [1.165, 1.54) is 14.7 Å². The van der Waals surface area contributed by atoms with Gasteiger partial charge < -0.3 is 30.2 Å². The average Bonchev–Trinajstić information content (AvgIpc) is 3.67. The van der Waals surface area contributed by atoms with Crippen molar-refractivity contribution in [3.63, 3.8) is 0 Å². The Bertz CT molecular complexity index is 1600. The van der Waals surface area contributed by atoms with E-state index in [0.717, 1.165) is 17.5 Å². The van der Waals surface area contributed by atoms with E-state index in [9.17, 15) is 28.8 Å². The van der Waals surface area contributed by atoms with Crippen molar-refractivity contribution in [2.45, 2.75) is 108 Å². The molecule has 0 saturated carbocycles. The minimum absolute atomic E-state index is 0.169. The lowest BCUT2D eigenvalue weighted by Gasteiger charge is -2.41. The van der Waals surface area contributed by atoms with E-state index in [4.69, 9.17) is 0 Å². The van der Waals surface area contributed by atoms with Gasteiger partial charge in [-0.25, -0.2) is 0 Å². The van der Waals surface area contributed by atoms with Gasteiger partial charge in [-0.1, -0.05) is 80.9 Å². The number of fused-ring (bicyclic) bond motifs is 2. The molecule has 12 nitrogen and oxygen atoms in total. The second-order valence-corrected chi connectivity index (χ2v) is 14.6. The number of amides is 6. The Morgan fingerprint density at radius 3 is 1.87 bits per heavy atom. The Morgan fingerprint density at radius 1 is 0.654 bits per heavy atom. The first-order valence-electron chi connectivity index (χ1n) is 18.8. The van der Waals surface area contributed by atoms with Crippen molar-refractivity contribution < 1.29 is 28.8 Å². The highest BCUT2D eigenvalue weighted by molar-refractivity contribution is 5.98. The Kier molecular flexibility index (Phi) is 12.7. The van der Waals surface area contributed by atoms with Gasteiger partial charge in [-0.3, -0.25) is 28.8 Å². The van der Waals surface area contributed by atoms with Crippen LogP contribution in [0, 0.1) is 5.92 Å². The number of likely N-dealkylation sites (N-methyl/N-ethyl adjacent to an activating group) is 2. The maximum atomic E-state index is 14.5. The molecule has 3 fully saturated rings. The lowest BCUT2D eigenvalue weighted by atomic mass is 9.93. The Labute approximate surface area is 307 Å². The van der Waals surface area contributed by atoms with Gasteiger partial charge in [0.25, 0.3) is 0 Å². The number of piperidine rings is 1. The van der Waals surface area contributed by atoms with Crippen LogP contribution in [0.5, 0.6) is 0 Å². The lowest BCUT2D eigenvalue weighted by molar-refractivity contribution is -0.155. The van der Waals surface area contributed by atoms with Gasteiger partial charge in [-0.2, -0.15) is 0 Å². The zero-order valence-corrected chi connectivity index (χ0v) is 31.1. The van der Waals surface area contributed by atoms with Crippen LogP contribution in [0.2, 0.25) is 0 Å². The number of carbonyl (C=O) groups excluding carboxylic acids is 6. The molecule has 6 amide bonds. The summed E-state index contributed by atoms with van der Waals surface area (Å²) in [4.78, 5) is 91.7. The molecule has 12 heteroatoms. The average molecular weight is 715 g/mol. The van der Waals surface area contributed by atoms with Crippen LogP contribution in [-0.2, 0) is 41.6 Å². The second kappa shape index (κ2) is 17.2. The predicted octanol–water partition coefficient (Wildman–Crippen LogP) is 2.55. The fourth-order valence-electron chi connectivity index (χ4n) is 7.66. The third-order valence-electron chi connectivity index (χ3n) is 11.3. The third-order valence-corrected chi connectivity index (χ3v) is 11.3. The van der Waals surface area contributed by atoms with E-state index in [-0.39, 0.29) is 36.5 Å². The van der Waals surface area contributed by atoms with Crippen LogP contribution in [0.25, 0.3) is 0 Å². The van der Waals surface area contributed by atoms with E-state index in [1.54, 1.807) is 25.9 Å². The first-order valence-corrected chi connectivity index (χ1v) is 18.8. The van der Waals surface area contributed by atoms with Crippen molar-refractivity contribution in [2.24, 2.45) is 5.92 Å². The summed E-state index contributed by atoms with van der Waals surface area (Å²) in [6.07, 6.45) is 3.78. The predicted molar refractivity (Wildman–Crippen MR) is 196 cm³/mol. The first kappa shape index (κ1) is 38.5. The van der Waals surface area contributed by atoms with Crippen LogP contribution >= 0.6 is 0 Å². The Hall–Kier alpha value is -4.74. The number of carbonyl (C=O) groups is 6. The lowest BCUT2D eigenvalue weighted by Crippen LogP contribution is -2.63. The number of benzene rings is 2.